The second kappa shape index (κ2) is 9.99. The van der Waals surface area contributed by atoms with Gasteiger partial charge in [-0.3, -0.25) is 9.36 Å². The highest BCUT2D eigenvalue weighted by Gasteiger charge is 2.33. The van der Waals surface area contributed by atoms with E-state index in [0.29, 0.717) is 32.1 Å². The fourth-order valence-electron chi connectivity index (χ4n) is 3.85. The van der Waals surface area contributed by atoms with E-state index >= 15 is 0 Å². The molecule has 1 atom stereocenters. The molecule has 7 nitrogen and oxygen atoms in total. The monoisotopic (exact) mass is 542 g/mol. The number of hydrogen-bond donors (Lipinski definition) is 0. The van der Waals surface area contributed by atoms with Gasteiger partial charge in [0.1, 0.15) is 11.5 Å². The normalized spacial score (nSPS) is 15.6. The summed E-state index contributed by atoms with van der Waals surface area (Å²) in [6.07, 6.45) is 1.78. The van der Waals surface area contributed by atoms with E-state index in [9.17, 15) is 9.59 Å². The van der Waals surface area contributed by atoms with E-state index in [2.05, 4.69) is 20.9 Å². The number of hydrogen-bond acceptors (Lipinski definition) is 7. The third-order valence-corrected chi connectivity index (χ3v) is 6.90. The number of rotatable bonds is 6. The number of aromatic nitrogens is 1. The van der Waals surface area contributed by atoms with Crippen molar-refractivity contribution in [1.82, 2.24) is 4.57 Å². The summed E-state index contributed by atoms with van der Waals surface area (Å²) in [6, 6.07) is 12.2. The Hall–Kier alpha value is -3.17. The number of fused-ring (bicyclic) bond motifs is 1. The van der Waals surface area contributed by atoms with Crippen LogP contribution in [-0.2, 0) is 9.53 Å². The smallest absolute Gasteiger partial charge is 0.338 e. The number of esters is 1. The van der Waals surface area contributed by atoms with Crippen LogP contribution in [0.3, 0.4) is 0 Å². The molecule has 0 saturated heterocycles. The Morgan fingerprint density at radius 1 is 1.18 bits per heavy atom. The zero-order chi connectivity index (χ0) is 24.4. The van der Waals surface area contributed by atoms with Crippen molar-refractivity contribution in [3.8, 4) is 11.5 Å². The minimum absolute atomic E-state index is 0.220. The van der Waals surface area contributed by atoms with Gasteiger partial charge < -0.3 is 14.2 Å². The van der Waals surface area contributed by atoms with Gasteiger partial charge in [-0.2, -0.15) is 0 Å². The highest BCUT2D eigenvalue weighted by molar-refractivity contribution is 9.10. The minimum atomic E-state index is -0.673. The fourth-order valence-corrected chi connectivity index (χ4v) is 5.27. The number of benzene rings is 2. The molecule has 0 unspecified atom stereocenters. The maximum atomic E-state index is 13.7. The molecule has 0 bridgehead atoms. The first-order valence-corrected chi connectivity index (χ1v) is 12.2. The number of carbonyl (C=O) groups excluding carboxylic acids is 1. The predicted octanol–water partition coefficient (Wildman–Crippen LogP) is 3.58. The van der Waals surface area contributed by atoms with Gasteiger partial charge in [0.25, 0.3) is 5.56 Å². The molecular formula is C25H23BrN2O5S. The standard InChI is InChI=1S/C25H23BrN2O5S/c1-5-33-24(30)21-14(2)27-25-28(22(21)15-6-9-18(31-3)10-7-15)23(29)20(34-25)13-16-12-17(26)8-11-19(16)32-4/h6-13,22H,5H2,1-4H3/t22-/m1/s1. The first-order valence-electron chi connectivity index (χ1n) is 10.5. The SMILES string of the molecule is CCOC(=O)C1=C(C)N=c2sc(=Cc3cc(Br)ccc3OC)c(=O)n2[C@@H]1c1ccc(OC)cc1. The zero-order valence-electron chi connectivity index (χ0n) is 19.1. The van der Waals surface area contributed by atoms with E-state index in [1.165, 1.54) is 11.3 Å². The van der Waals surface area contributed by atoms with E-state index in [4.69, 9.17) is 14.2 Å². The topological polar surface area (TPSA) is 79.1 Å². The van der Waals surface area contributed by atoms with Crippen LogP contribution in [0, 0.1) is 0 Å². The Labute approximate surface area is 208 Å². The predicted molar refractivity (Wildman–Crippen MR) is 134 cm³/mol. The summed E-state index contributed by atoms with van der Waals surface area (Å²) in [6.45, 7) is 3.73. The molecule has 34 heavy (non-hydrogen) atoms. The van der Waals surface area contributed by atoms with Crippen LogP contribution in [0.2, 0.25) is 0 Å². The van der Waals surface area contributed by atoms with Crippen molar-refractivity contribution in [3.63, 3.8) is 0 Å². The Morgan fingerprint density at radius 3 is 2.56 bits per heavy atom. The molecule has 9 heteroatoms. The van der Waals surface area contributed by atoms with Crippen molar-refractivity contribution in [2.24, 2.45) is 4.99 Å². The molecule has 1 aliphatic heterocycles. The minimum Gasteiger partial charge on any atom is -0.497 e. The van der Waals surface area contributed by atoms with Crippen LogP contribution in [0.25, 0.3) is 6.08 Å². The lowest BCUT2D eigenvalue weighted by Gasteiger charge is -2.24. The fraction of sp³-hybridized carbons (Fsp3) is 0.240. The molecule has 0 spiro atoms. The summed E-state index contributed by atoms with van der Waals surface area (Å²) in [5, 5.41) is 0. The summed E-state index contributed by atoms with van der Waals surface area (Å²) in [4.78, 5) is 31.7. The van der Waals surface area contributed by atoms with Gasteiger partial charge in [-0.15, -0.1) is 0 Å². The summed E-state index contributed by atoms with van der Waals surface area (Å²) in [5.41, 5.74) is 2.12. The highest BCUT2D eigenvalue weighted by atomic mass is 79.9. The van der Waals surface area contributed by atoms with Crippen molar-refractivity contribution < 1.29 is 19.0 Å². The van der Waals surface area contributed by atoms with Gasteiger partial charge in [0, 0.05) is 10.0 Å². The van der Waals surface area contributed by atoms with Gasteiger partial charge in [-0.1, -0.05) is 39.4 Å². The van der Waals surface area contributed by atoms with Crippen LogP contribution in [0.1, 0.15) is 31.0 Å². The van der Waals surface area contributed by atoms with Crippen molar-refractivity contribution >= 4 is 39.3 Å². The quantitative estimate of drug-likeness (QED) is 0.445. The van der Waals surface area contributed by atoms with Gasteiger partial charge in [-0.05, 0) is 55.8 Å². The van der Waals surface area contributed by atoms with Gasteiger partial charge in [0.2, 0.25) is 0 Å². The molecule has 0 fully saturated rings. The molecule has 1 aliphatic rings. The largest absolute Gasteiger partial charge is 0.497 e. The van der Waals surface area contributed by atoms with E-state index in [1.54, 1.807) is 50.8 Å². The molecule has 2 aromatic carbocycles. The number of allylic oxidation sites excluding steroid dienone is 1. The third-order valence-electron chi connectivity index (χ3n) is 5.43. The Bertz CT molecular complexity index is 1450. The van der Waals surface area contributed by atoms with E-state index in [-0.39, 0.29) is 12.2 Å². The van der Waals surface area contributed by atoms with E-state index in [1.807, 2.05) is 30.3 Å². The summed E-state index contributed by atoms with van der Waals surface area (Å²) >= 11 is 4.74. The average molecular weight is 543 g/mol. The maximum absolute atomic E-state index is 13.7. The molecule has 3 aromatic rings. The number of methoxy groups -OCH3 is 2. The van der Waals surface area contributed by atoms with Gasteiger partial charge in [-0.25, -0.2) is 9.79 Å². The highest BCUT2D eigenvalue weighted by Crippen LogP contribution is 2.31. The van der Waals surface area contributed by atoms with Crippen LogP contribution >= 0.6 is 27.3 Å². The Balaban J connectivity index is 1.96. The van der Waals surface area contributed by atoms with Crippen molar-refractivity contribution in [3.05, 3.63) is 89.0 Å². The van der Waals surface area contributed by atoms with Gasteiger partial charge in [0.15, 0.2) is 4.80 Å². The third kappa shape index (κ3) is 4.45. The summed E-state index contributed by atoms with van der Waals surface area (Å²) in [7, 11) is 3.17. The van der Waals surface area contributed by atoms with Crippen molar-refractivity contribution in [2.45, 2.75) is 19.9 Å². The van der Waals surface area contributed by atoms with Gasteiger partial charge in [0.05, 0.1) is 42.7 Å². The first-order chi connectivity index (χ1) is 16.4. The summed E-state index contributed by atoms with van der Waals surface area (Å²) < 4.78 is 19.0. The number of thiazole rings is 1. The number of carbonyl (C=O) groups is 1. The molecule has 4 rings (SSSR count). The Kier molecular flexibility index (Phi) is 7.04. The van der Waals surface area contributed by atoms with Crippen LogP contribution in [0.4, 0.5) is 0 Å². The lowest BCUT2D eigenvalue weighted by molar-refractivity contribution is -0.139. The van der Waals surface area contributed by atoms with E-state index < -0.39 is 12.0 Å². The number of halogens is 1. The molecule has 2 heterocycles. The van der Waals surface area contributed by atoms with Crippen LogP contribution in [0.5, 0.6) is 11.5 Å². The lowest BCUT2D eigenvalue weighted by Crippen LogP contribution is -2.39. The molecule has 1 aromatic heterocycles. The first kappa shape index (κ1) is 24.0. The van der Waals surface area contributed by atoms with Crippen LogP contribution in [0.15, 0.2) is 68.0 Å². The zero-order valence-corrected chi connectivity index (χ0v) is 21.5. The number of nitrogens with zero attached hydrogens (tertiary/aromatic N) is 2. The molecule has 0 saturated carbocycles. The molecule has 0 amide bonds. The second-order valence-corrected chi connectivity index (χ2v) is 9.39. The van der Waals surface area contributed by atoms with Crippen molar-refractivity contribution in [1.29, 1.82) is 0 Å². The molecule has 0 radical (unpaired) electrons. The Morgan fingerprint density at radius 2 is 1.91 bits per heavy atom. The van der Waals surface area contributed by atoms with E-state index in [0.717, 1.165) is 15.6 Å². The molecule has 0 N–H and O–H groups in total. The summed E-state index contributed by atoms with van der Waals surface area (Å²) in [5.74, 6) is 0.827. The molecular weight excluding hydrogens is 520 g/mol. The van der Waals surface area contributed by atoms with Crippen LogP contribution in [-0.4, -0.2) is 31.4 Å². The van der Waals surface area contributed by atoms with Gasteiger partial charge >= 0.3 is 5.97 Å². The lowest BCUT2D eigenvalue weighted by atomic mass is 9.96. The number of ether oxygens (including phenoxy) is 3. The van der Waals surface area contributed by atoms with Crippen LogP contribution < -0.4 is 24.4 Å². The maximum Gasteiger partial charge on any atom is 0.338 e. The van der Waals surface area contributed by atoms with Crippen molar-refractivity contribution in [2.75, 3.05) is 20.8 Å². The average Bonchev–Trinajstić information content (AvgIpc) is 3.13. The molecule has 176 valence electrons. The molecule has 0 aliphatic carbocycles. The second-order valence-electron chi connectivity index (χ2n) is 7.46.